The third-order valence-electron chi connectivity index (χ3n) is 3.50. The van der Waals surface area contributed by atoms with E-state index < -0.39 is 5.60 Å². The fourth-order valence-corrected chi connectivity index (χ4v) is 2.50. The van der Waals surface area contributed by atoms with Crippen LogP contribution in [-0.2, 0) is 9.53 Å². The number of carbonyl (C=O) groups is 1. The van der Waals surface area contributed by atoms with Gasteiger partial charge in [0.2, 0.25) is 0 Å². The molecule has 0 bridgehead atoms. The number of rotatable bonds is 2. The zero-order valence-corrected chi connectivity index (χ0v) is 12.9. The standard InChI is InChI=1S/C16H23FN2O2/c1-16(2,3)21-15(20)12-5-4-9-19(10-8-12)14-7-6-13(17)11-18-14/h6-7,11-12H,4-5,8-10H2,1-3H3. The summed E-state index contributed by atoms with van der Waals surface area (Å²) in [7, 11) is 0. The van der Waals surface area contributed by atoms with E-state index in [-0.39, 0.29) is 17.7 Å². The van der Waals surface area contributed by atoms with Crippen LogP contribution in [0.3, 0.4) is 0 Å². The van der Waals surface area contributed by atoms with Crippen LogP contribution in [0.15, 0.2) is 18.3 Å². The van der Waals surface area contributed by atoms with Gasteiger partial charge >= 0.3 is 5.97 Å². The second kappa shape index (κ2) is 6.41. The van der Waals surface area contributed by atoms with Crippen molar-refractivity contribution in [1.82, 2.24) is 4.98 Å². The Hall–Kier alpha value is -1.65. The molecular formula is C16H23FN2O2. The summed E-state index contributed by atoms with van der Waals surface area (Å²) in [5.41, 5.74) is -0.443. The zero-order valence-electron chi connectivity index (χ0n) is 12.9. The van der Waals surface area contributed by atoms with E-state index in [0.29, 0.717) is 0 Å². The molecule has 1 saturated heterocycles. The minimum absolute atomic E-state index is 0.0605. The molecule has 5 heteroatoms. The molecule has 116 valence electrons. The lowest BCUT2D eigenvalue weighted by atomic mass is 10.0. The van der Waals surface area contributed by atoms with Gasteiger partial charge in [-0.05, 0) is 52.2 Å². The van der Waals surface area contributed by atoms with E-state index in [1.165, 1.54) is 12.3 Å². The molecule has 1 unspecified atom stereocenters. The van der Waals surface area contributed by atoms with Gasteiger partial charge < -0.3 is 9.64 Å². The van der Waals surface area contributed by atoms with E-state index >= 15 is 0 Å². The molecule has 0 aliphatic carbocycles. The van der Waals surface area contributed by atoms with Crippen molar-refractivity contribution < 1.29 is 13.9 Å². The first kappa shape index (κ1) is 15.7. The molecule has 1 aromatic rings. The fourth-order valence-electron chi connectivity index (χ4n) is 2.50. The first-order valence-corrected chi connectivity index (χ1v) is 7.44. The summed E-state index contributed by atoms with van der Waals surface area (Å²) < 4.78 is 18.4. The maximum absolute atomic E-state index is 12.9. The molecule has 21 heavy (non-hydrogen) atoms. The molecule has 0 amide bonds. The van der Waals surface area contributed by atoms with Crippen molar-refractivity contribution in [2.45, 2.75) is 45.6 Å². The van der Waals surface area contributed by atoms with Crippen LogP contribution in [-0.4, -0.2) is 29.6 Å². The first-order chi connectivity index (χ1) is 9.85. The average Bonchev–Trinajstić information content (AvgIpc) is 2.63. The van der Waals surface area contributed by atoms with Gasteiger partial charge in [-0.15, -0.1) is 0 Å². The quantitative estimate of drug-likeness (QED) is 0.786. The maximum Gasteiger partial charge on any atom is 0.309 e. The molecule has 2 rings (SSSR count). The van der Waals surface area contributed by atoms with Gasteiger partial charge in [0.15, 0.2) is 0 Å². The molecule has 0 spiro atoms. The number of esters is 1. The van der Waals surface area contributed by atoms with E-state index in [9.17, 15) is 9.18 Å². The van der Waals surface area contributed by atoms with E-state index in [2.05, 4.69) is 9.88 Å². The van der Waals surface area contributed by atoms with E-state index in [0.717, 1.165) is 38.2 Å². The Balaban J connectivity index is 1.95. The predicted molar refractivity (Wildman–Crippen MR) is 79.6 cm³/mol. The highest BCUT2D eigenvalue weighted by atomic mass is 19.1. The number of hydrogen-bond donors (Lipinski definition) is 0. The van der Waals surface area contributed by atoms with Crippen molar-refractivity contribution in [2.75, 3.05) is 18.0 Å². The Bertz CT molecular complexity index is 482. The van der Waals surface area contributed by atoms with Crippen molar-refractivity contribution in [2.24, 2.45) is 5.92 Å². The molecule has 0 radical (unpaired) electrons. The van der Waals surface area contributed by atoms with Gasteiger partial charge in [0.25, 0.3) is 0 Å². The second-order valence-corrected chi connectivity index (χ2v) is 6.48. The monoisotopic (exact) mass is 294 g/mol. The van der Waals surface area contributed by atoms with Gasteiger partial charge in [0.05, 0.1) is 12.1 Å². The van der Waals surface area contributed by atoms with Crippen molar-refractivity contribution in [3.63, 3.8) is 0 Å². The number of carbonyl (C=O) groups excluding carboxylic acids is 1. The van der Waals surface area contributed by atoms with E-state index in [1.54, 1.807) is 6.07 Å². The van der Waals surface area contributed by atoms with Gasteiger partial charge in [0.1, 0.15) is 17.2 Å². The third kappa shape index (κ3) is 4.69. The topological polar surface area (TPSA) is 42.4 Å². The lowest BCUT2D eigenvalue weighted by Crippen LogP contribution is -2.30. The molecule has 1 aliphatic rings. The average molecular weight is 294 g/mol. The molecule has 0 aromatic carbocycles. The Kier molecular flexibility index (Phi) is 4.80. The van der Waals surface area contributed by atoms with Crippen LogP contribution >= 0.6 is 0 Å². The number of aromatic nitrogens is 1. The predicted octanol–water partition coefficient (Wildman–Crippen LogP) is 3.17. The highest BCUT2D eigenvalue weighted by Crippen LogP contribution is 2.24. The van der Waals surface area contributed by atoms with Gasteiger partial charge in [-0.2, -0.15) is 0 Å². The Morgan fingerprint density at radius 2 is 2.10 bits per heavy atom. The molecule has 1 aromatic heterocycles. The van der Waals surface area contributed by atoms with E-state index in [4.69, 9.17) is 4.74 Å². The Morgan fingerprint density at radius 3 is 2.71 bits per heavy atom. The molecule has 2 heterocycles. The summed E-state index contributed by atoms with van der Waals surface area (Å²) in [6.45, 7) is 7.23. The van der Waals surface area contributed by atoms with Gasteiger partial charge in [-0.3, -0.25) is 4.79 Å². The summed E-state index contributed by atoms with van der Waals surface area (Å²) in [4.78, 5) is 18.4. The van der Waals surface area contributed by atoms with Crippen molar-refractivity contribution in [1.29, 1.82) is 0 Å². The number of nitrogens with zero attached hydrogens (tertiary/aromatic N) is 2. The number of ether oxygens (including phenoxy) is 1. The van der Waals surface area contributed by atoms with E-state index in [1.807, 2.05) is 20.8 Å². The zero-order chi connectivity index (χ0) is 15.5. The first-order valence-electron chi connectivity index (χ1n) is 7.44. The molecule has 1 atom stereocenters. The SMILES string of the molecule is CC(C)(C)OC(=O)C1CCCN(c2ccc(F)cn2)CC1. The van der Waals surface area contributed by atoms with Gasteiger partial charge in [0, 0.05) is 13.1 Å². The molecule has 0 saturated carbocycles. The number of hydrogen-bond acceptors (Lipinski definition) is 4. The van der Waals surface area contributed by atoms with Gasteiger partial charge in [-0.25, -0.2) is 9.37 Å². The maximum atomic E-state index is 12.9. The Morgan fingerprint density at radius 1 is 1.33 bits per heavy atom. The highest BCUT2D eigenvalue weighted by molar-refractivity contribution is 5.73. The molecule has 1 aliphatic heterocycles. The molecule has 0 N–H and O–H groups in total. The fraction of sp³-hybridized carbons (Fsp3) is 0.625. The van der Waals surface area contributed by atoms with Crippen LogP contribution in [0.5, 0.6) is 0 Å². The number of anilines is 1. The summed E-state index contributed by atoms with van der Waals surface area (Å²) in [5, 5.41) is 0. The number of pyridine rings is 1. The van der Waals surface area contributed by atoms with Crippen molar-refractivity contribution in [3.05, 3.63) is 24.1 Å². The summed E-state index contributed by atoms with van der Waals surface area (Å²) in [5.74, 6) is 0.257. The second-order valence-electron chi connectivity index (χ2n) is 6.48. The lowest BCUT2D eigenvalue weighted by molar-refractivity contribution is -0.160. The van der Waals surface area contributed by atoms with Gasteiger partial charge in [-0.1, -0.05) is 0 Å². The highest BCUT2D eigenvalue weighted by Gasteiger charge is 2.27. The Labute approximate surface area is 125 Å². The number of halogens is 1. The largest absolute Gasteiger partial charge is 0.460 e. The normalized spacial score (nSPS) is 20.0. The molecular weight excluding hydrogens is 271 g/mol. The lowest BCUT2D eigenvalue weighted by Gasteiger charge is -2.24. The molecule has 1 fully saturated rings. The van der Waals surface area contributed by atoms with Crippen LogP contribution < -0.4 is 4.90 Å². The third-order valence-corrected chi connectivity index (χ3v) is 3.50. The smallest absolute Gasteiger partial charge is 0.309 e. The summed E-state index contributed by atoms with van der Waals surface area (Å²) in [6.07, 6.45) is 3.70. The van der Waals surface area contributed by atoms with Crippen molar-refractivity contribution in [3.8, 4) is 0 Å². The minimum atomic E-state index is -0.443. The minimum Gasteiger partial charge on any atom is -0.460 e. The van der Waals surface area contributed by atoms with Crippen molar-refractivity contribution >= 4 is 11.8 Å². The van der Waals surface area contributed by atoms with Crippen LogP contribution in [0.1, 0.15) is 40.0 Å². The summed E-state index contributed by atoms with van der Waals surface area (Å²) >= 11 is 0. The van der Waals surface area contributed by atoms with Crippen LogP contribution in [0, 0.1) is 11.7 Å². The van der Waals surface area contributed by atoms with Crippen LogP contribution in [0.4, 0.5) is 10.2 Å². The summed E-state index contributed by atoms with van der Waals surface area (Å²) in [6, 6.07) is 3.10. The van der Waals surface area contributed by atoms with Crippen LogP contribution in [0.25, 0.3) is 0 Å². The van der Waals surface area contributed by atoms with Crippen LogP contribution in [0.2, 0.25) is 0 Å². The molecule has 4 nitrogen and oxygen atoms in total.